The molecule has 0 N–H and O–H groups in total. The predicted octanol–water partition coefficient (Wildman–Crippen LogP) is 3.93. The van der Waals surface area contributed by atoms with Crippen molar-refractivity contribution in [3.8, 4) is 23.5 Å². The van der Waals surface area contributed by atoms with E-state index in [-0.39, 0.29) is 40.2 Å². The molecular weight excluding hydrogens is 382 g/mol. The topological polar surface area (TPSA) is 143 Å². The maximum absolute atomic E-state index is 11.0. The fraction of sp³-hybridized carbons (Fsp3) is 0. The summed E-state index contributed by atoms with van der Waals surface area (Å²) >= 11 is 5.80. The zero-order valence-corrected chi connectivity index (χ0v) is 13.9. The van der Waals surface area contributed by atoms with Gasteiger partial charge >= 0.3 is 23.4 Å². The van der Waals surface area contributed by atoms with Crippen molar-refractivity contribution in [2.45, 2.75) is 0 Å². The standard InChI is InChI=1S/C15H8ClN5O6/c16-13-17-14(26-11-7-3-1-5-9(11)20(22)23)19-15(18-13)27-12-8-4-2-6-10(12)21(24)25/h1-8H. The summed E-state index contributed by atoms with van der Waals surface area (Å²) in [4.78, 5) is 32.1. The van der Waals surface area contributed by atoms with Crippen molar-refractivity contribution in [3.63, 3.8) is 0 Å². The summed E-state index contributed by atoms with van der Waals surface area (Å²) in [5.74, 6) is -0.247. The van der Waals surface area contributed by atoms with E-state index < -0.39 is 9.85 Å². The largest absolute Gasteiger partial charge is 0.417 e. The van der Waals surface area contributed by atoms with Crippen molar-refractivity contribution in [1.82, 2.24) is 15.0 Å². The average molecular weight is 390 g/mol. The number of rotatable bonds is 6. The number of halogens is 1. The van der Waals surface area contributed by atoms with Gasteiger partial charge in [0.15, 0.2) is 0 Å². The zero-order valence-electron chi connectivity index (χ0n) is 13.2. The lowest BCUT2D eigenvalue weighted by Gasteiger charge is -2.07. The second-order valence-electron chi connectivity index (χ2n) is 4.82. The van der Waals surface area contributed by atoms with Crippen LogP contribution in [0, 0.1) is 20.2 Å². The third-order valence-electron chi connectivity index (χ3n) is 3.09. The summed E-state index contributed by atoms with van der Waals surface area (Å²) in [5, 5.41) is 21.8. The van der Waals surface area contributed by atoms with Gasteiger partial charge in [0.05, 0.1) is 9.85 Å². The summed E-state index contributed by atoms with van der Waals surface area (Å²) in [5.41, 5.74) is -0.620. The lowest BCUT2D eigenvalue weighted by molar-refractivity contribution is -0.385. The second-order valence-corrected chi connectivity index (χ2v) is 5.16. The SMILES string of the molecule is O=[N+]([O-])c1ccccc1Oc1nc(Cl)nc(Oc2ccccc2[N+](=O)[O-])n1. The molecule has 0 aliphatic heterocycles. The fourth-order valence-electron chi connectivity index (χ4n) is 1.99. The summed E-state index contributed by atoms with van der Waals surface area (Å²) in [6.45, 7) is 0. The molecule has 12 heteroatoms. The van der Waals surface area contributed by atoms with E-state index in [4.69, 9.17) is 21.1 Å². The summed E-state index contributed by atoms with van der Waals surface area (Å²) < 4.78 is 10.6. The van der Waals surface area contributed by atoms with Crippen LogP contribution >= 0.6 is 11.6 Å². The second kappa shape index (κ2) is 7.58. The third-order valence-corrected chi connectivity index (χ3v) is 3.26. The van der Waals surface area contributed by atoms with Crippen LogP contribution in [-0.4, -0.2) is 24.8 Å². The number of nitrogens with zero attached hydrogens (tertiary/aromatic N) is 5. The third kappa shape index (κ3) is 4.22. The Morgan fingerprint density at radius 3 is 1.56 bits per heavy atom. The maximum Gasteiger partial charge on any atom is 0.329 e. The predicted molar refractivity (Wildman–Crippen MR) is 91.2 cm³/mol. The van der Waals surface area contributed by atoms with Gasteiger partial charge in [-0.05, 0) is 23.7 Å². The summed E-state index contributed by atoms with van der Waals surface area (Å²) in [6, 6.07) is 10.4. The number of nitro benzene ring substituents is 2. The van der Waals surface area contributed by atoms with E-state index in [1.807, 2.05) is 0 Å². The van der Waals surface area contributed by atoms with E-state index in [9.17, 15) is 20.2 Å². The van der Waals surface area contributed by atoms with Crippen molar-refractivity contribution >= 4 is 23.0 Å². The Hall–Kier alpha value is -3.86. The molecule has 0 fully saturated rings. The van der Waals surface area contributed by atoms with E-state index in [2.05, 4.69) is 15.0 Å². The lowest BCUT2D eigenvalue weighted by atomic mass is 10.3. The maximum atomic E-state index is 11.0. The van der Waals surface area contributed by atoms with Gasteiger partial charge in [-0.2, -0.15) is 9.97 Å². The number of hydrogen-bond acceptors (Lipinski definition) is 9. The van der Waals surface area contributed by atoms with Crippen molar-refractivity contribution < 1.29 is 19.3 Å². The van der Waals surface area contributed by atoms with Gasteiger partial charge in [0.25, 0.3) is 0 Å². The van der Waals surface area contributed by atoms with Gasteiger partial charge in [0.1, 0.15) is 0 Å². The number of aromatic nitrogens is 3. The van der Waals surface area contributed by atoms with Crippen LogP contribution in [-0.2, 0) is 0 Å². The van der Waals surface area contributed by atoms with E-state index in [0.29, 0.717) is 0 Å². The van der Waals surface area contributed by atoms with Crippen LogP contribution in [0.1, 0.15) is 0 Å². The van der Waals surface area contributed by atoms with Crippen LogP contribution in [0.25, 0.3) is 0 Å². The van der Waals surface area contributed by atoms with Gasteiger partial charge in [0.2, 0.25) is 16.8 Å². The molecule has 136 valence electrons. The van der Waals surface area contributed by atoms with E-state index in [1.54, 1.807) is 0 Å². The van der Waals surface area contributed by atoms with Gasteiger partial charge in [-0.15, -0.1) is 4.98 Å². The minimum Gasteiger partial charge on any atom is -0.417 e. The molecule has 0 saturated heterocycles. The number of benzene rings is 2. The van der Waals surface area contributed by atoms with Crippen LogP contribution in [0.15, 0.2) is 48.5 Å². The number of hydrogen-bond donors (Lipinski definition) is 0. The number of ether oxygens (including phenoxy) is 2. The van der Waals surface area contributed by atoms with Crippen molar-refractivity contribution in [3.05, 3.63) is 74.0 Å². The highest BCUT2D eigenvalue weighted by Gasteiger charge is 2.19. The first-order valence-corrected chi connectivity index (χ1v) is 7.56. The highest BCUT2D eigenvalue weighted by molar-refractivity contribution is 6.28. The van der Waals surface area contributed by atoms with Gasteiger partial charge in [-0.3, -0.25) is 20.2 Å². The Balaban J connectivity index is 1.92. The van der Waals surface area contributed by atoms with E-state index in [1.165, 1.54) is 48.5 Å². The minimum absolute atomic E-state index is 0.124. The number of para-hydroxylation sites is 4. The van der Waals surface area contributed by atoms with Crippen LogP contribution < -0.4 is 9.47 Å². The Labute approximate surface area is 155 Å². The monoisotopic (exact) mass is 389 g/mol. The quantitative estimate of drug-likeness (QED) is 0.452. The Kier molecular flexibility index (Phi) is 5.04. The molecule has 0 radical (unpaired) electrons. The molecule has 0 aliphatic rings. The summed E-state index contributed by atoms with van der Waals surface area (Å²) in [6.07, 6.45) is 0. The molecular formula is C15H8ClN5O6. The molecule has 1 aromatic heterocycles. The smallest absolute Gasteiger partial charge is 0.329 e. The van der Waals surface area contributed by atoms with Gasteiger partial charge in [0, 0.05) is 12.1 Å². The molecule has 0 atom stereocenters. The molecule has 0 aliphatic carbocycles. The fourth-order valence-corrected chi connectivity index (χ4v) is 2.14. The van der Waals surface area contributed by atoms with Crippen molar-refractivity contribution in [2.24, 2.45) is 0 Å². The molecule has 27 heavy (non-hydrogen) atoms. The zero-order chi connectivity index (χ0) is 19.4. The van der Waals surface area contributed by atoms with Gasteiger partial charge < -0.3 is 9.47 Å². The van der Waals surface area contributed by atoms with Crippen molar-refractivity contribution in [2.75, 3.05) is 0 Å². The van der Waals surface area contributed by atoms with Crippen LogP contribution in [0.3, 0.4) is 0 Å². The Morgan fingerprint density at radius 2 is 1.15 bits per heavy atom. The Bertz CT molecular complexity index is 953. The highest BCUT2D eigenvalue weighted by atomic mass is 35.5. The average Bonchev–Trinajstić information content (AvgIpc) is 2.61. The minimum atomic E-state index is -0.636. The van der Waals surface area contributed by atoms with Crippen molar-refractivity contribution in [1.29, 1.82) is 0 Å². The first-order chi connectivity index (χ1) is 12.9. The molecule has 11 nitrogen and oxygen atoms in total. The lowest BCUT2D eigenvalue weighted by Crippen LogP contribution is -2.01. The molecule has 0 spiro atoms. The van der Waals surface area contributed by atoms with Crippen LogP contribution in [0.5, 0.6) is 23.5 Å². The first-order valence-electron chi connectivity index (χ1n) is 7.18. The molecule has 2 aromatic carbocycles. The molecule has 1 heterocycles. The highest BCUT2D eigenvalue weighted by Crippen LogP contribution is 2.32. The first kappa shape index (κ1) is 17.9. The molecule has 3 aromatic rings. The van der Waals surface area contributed by atoms with Crippen LogP contribution in [0.2, 0.25) is 5.28 Å². The Morgan fingerprint density at radius 1 is 0.741 bits per heavy atom. The molecule has 0 bridgehead atoms. The number of nitro groups is 2. The van der Waals surface area contributed by atoms with Gasteiger partial charge in [-0.25, -0.2) is 0 Å². The van der Waals surface area contributed by atoms with E-state index in [0.717, 1.165) is 0 Å². The molecule has 0 saturated carbocycles. The molecule has 3 rings (SSSR count). The summed E-state index contributed by atoms with van der Waals surface area (Å²) in [7, 11) is 0. The van der Waals surface area contributed by atoms with Crippen LogP contribution in [0.4, 0.5) is 11.4 Å². The molecule has 0 amide bonds. The van der Waals surface area contributed by atoms with E-state index >= 15 is 0 Å². The normalized spacial score (nSPS) is 10.3. The van der Waals surface area contributed by atoms with Gasteiger partial charge in [-0.1, -0.05) is 24.3 Å². The molecule has 0 unspecified atom stereocenters.